The standard InChI is InChI=1S/C14H21FN2O2/c1-5-16-14(18)10(2)17(3)9-11-6-7-13(19-4)12(15)8-11/h6-8,10H,5,9H2,1-4H3,(H,16,18)/p+1/t10-/m1/s1. The Labute approximate surface area is 113 Å². The Morgan fingerprint density at radius 2 is 2.21 bits per heavy atom. The van der Waals surface area contributed by atoms with Crippen LogP contribution in [0.15, 0.2) is 18.2 Å². The van der Waals surface area contributed by atoms with Crippen LogP contribution in [-0.4, -0.2) is 32.7 Å². The van der Waals surface area contributed by atoms with Crippen molar-refractivity contribution in [3.8, 4) is 5.75 Å². The normalized spacial score (nSPS) is 13.7. The molecular formula is C14H22FN2O2+. The molecule has 0 radical (unpaired) electrons. The lowest BCUT2D eigenvalue weighted by atomic mass is 10.1. The summed E-state index contributed by atoms with van der Waals surface area (Å²) >= 11 is 0. The number of ether oxygens (including phenoxy) is 1. The molecule has 0 heterocycles. The molecule has 4 nitrogen and oxygen atoms in total. The Kier molecular flexibility index (Phi) is 5.76. The second-order valence-corrected chi connectivity index (χ2v) is 4.61. The van der Waals surface area contributed by atoms with E-state index in [2.05, 4.69) is 5.32 Å². The Balaban J connectivity index is 2.68. The molecule has 1 unspecified atom stereocenters. The van der Waals surface area contributed by atoms with Crippen molar-refractivity contribution in [3.05, 3.63) is 29.6 Å². The van der Waals surface area contributed by atoms with Gasteiger partial charge in [0.1, 0.15) is 6.54 Å². The molecule has 1 amide bonds. The third-order valence-corrected chi connectivity index (χ3v) is 3.18. The number of hydrogen-bond acceptors (Lipinski definition) is 2. The van der Waals surface area contributed by atoms with E-state index in [1.807, 2.05) is 27.0 Å². The summed E-state index contributed by atoms with van der Waals surface area (Å²) in [6, 6.07) is 4.70. The first-order valence-electron chi connectivity index (χ1n) is 6.42. The highest BCUT2D eigenvalue weighted by molar-refractivity contribution is 5.79. The monoisotopic (exact) mass is 269 g/mol. The summed E-state index contributed by atoms with van der Waals surface area (Å²) in [7, 11) is 3.36. The molecule has 0 saturated heterocycles. The maximum atomic E-state index is 13.6. The fourth-order valence-corrected chi connectivity index (χ4v) is 1.85. The summed E-state index contributed by atoms with van der Waals surface area (Å²) < 4.78 is 18.4. The summed E-state index contributed by atoms with van der Waals surface area (Å²) in [6.07, 6.45) is 0. The number of quaternary nitrogens is 1. The molecule has 0 fully saturated rings. The molecule has 0 aliphatic heterocycles. The highest BCUT2D eigenvalue weighted by atomic mass is 19.1. The molecule has 0 spiro atoms. The molecule has 0 aliphatic rings. The molecular weight excluding hydrogens is 247 g/mol. The molecule has 1 rings (SSSR count). The zero-order chi connectivity index (χ0) is 14.4. The van der Waals surface area contributed by atoms with Crippen LogP contribution in [0.4, 0.5) is 4.39 Å². The van der Waals surface area contributed by atoms with Crippen molar-refractivity contribution in [1.29, 1.82) is 0 Å². The van der Waals surface area contributed by atoms with Crippen LogP contribution >= 0.6 is 0 Å². The number of methoxy groups -OCH3 is 1. The summed E-state index contributed by atoms with van der Waals surface area (Å²) in [5, 5.41) is 2.79. The van der Waals surface area contributed by atoms with Crippen molar-refractivity contribution in [2.24, 2.45) is 0 Å². The van der Waals surface area contributed by atoms with E-state index in [0.29, 0.717) is 13.1 Å². The van der Waals surface area contributed by atoms with Gasteiger partial charge in [-0.2, -0.15) is 0 Å². The minimum Gasteiger partial charge on any atom is -0.494 e. The second-order valence-electron chi connectivity index (χ2n) is 4.61. The number of hydrogen-bond donors (Lipinski definition) is 2. The van der Waals surface area contributed by atoms with Gasteiger partial charge in [-0.15, -0.1) is 0 Å². The van der Waals surface area contributed by atoms with Crippen LogP contribution in [0.1, 0.15) is 19.4 Å². The first kappa shape index (κ1) is 15.4. The fourth-order valence-electron chi connectivity index (χ4n) is 1.85. The Hall–Kier alpha value is -1.62. The Morgan fingerprint density at radius 1 is 1.53 bits per heavy atom. The molecule has 0 aliphatic carbocycles. The Bertz CT molecular complexity index is 437. The van der Waals surface area contributed by atoms with E-state index in [9.17, 15) is 9.18 Å². The summed E-state index contributed by atoms with van der Waals surface area (Å²) in [5.41, 5.74) is 0.840. The van der Waals surface area contributed by atoms with Gasteiger partial charge in [0.15, 0.2) is 17.6 Å². The lowest BCUT2D eigenvalue weighted by Gasteiger charge is -2.21. The topological polar surface area (TPSA) is 42.8 Å². The quantitative estimate of drug-likeness (QED) is 0.784. The van der Waals surface area contributed by atoms with E-state index < -0.39 is 0 Å². The summed E-state index contributed by atoms with van der Waals surface area (Å²) in [4.78, 5) is 12.7. The van der Waals surface area contributed by atoms with Gasteiger partial charge in [0.25, 0.3) is 5.91 Å². The smallest absolute Gasteiger partial charge is 0.278 e. The minimum absolute atomic E-state index is 0.00832. The van der Waals surface area contributed by atoms with Gasteiger partial charge < -0.3 is 15.0 Å². The van der Waals surface area contributed by atoms with Crippen molar-refractivity contribution in [2.45, 2.75) is 26.4 Å². The van der Waals surface area contributed by atoms with E-state index in [4.69, 9.17) is 4.74 Å². The van der Waals surface area contributed by atoms with E-state index in [-0.39, 0.29) is 23.5 Å². The minimum atomic E-state index is -0.376. The van der Waals surface area contributed by atoms with Crippen LogP contribution in [-0.2, 0) is 11.3 Å². The van der Waals surface area contributed by atoms with Crippen LogP contribution < -0.4 is 15.0 Å². The van der Waals surface area contributed by atoms with Gasteiger partial charge in [0.2, 0.25) is 0 Å². The lowest BCUT2D eigenvalue weighted by molar-refractivity contribution is -0.908. The van der Waals surface area contributed by atoms with Crippen molar-refractivity contribution in [3.63, 3.8) is 0 Å². The average molecular weight is 269 g/mol. The van der Waals surface area contributed by atoms with Gasteiger partial charge in [0.05, 0.1) is 14.2 Å². The van der Waals surface area contributed by atoms with E-state index in [1.165, 1.54) is 13.2 Å². The first-order chi connectivity index (χ1) is 8.99. The Morgan fingerprint density at radius 3 is 2.74 bits per heavy atom. The molecule has 1 aromatic carbocycles. The number of carbonyl (C=O) groups is 1. The van der Waals surface area contributed by atoms with E-state index >= 15 is 0 Å². The van der Waals surface area contributed by atoms with Gasteiger partial charge in [0, 0.05) is 12.1 Å². The zero-order valence-electron chi connectivity index (χ0n) is 11.9. The summed E-state index contributed by atoms with van der Waals surface area (Å²) in [6.45, 7) is 4.95. The van der Waals surface area contributed by atoms with Gasteiger partial charge in [-0.05, 0) is 32.0 Å². The van der Waals surface area contributed by atoms with Gasteiger partial charge >= 0.3 is 0 Å². The molecule has 0 bridgehead atoms. The van der Waals surface area contributed by atoms with E-state index in [1.54, 1.807) is 6.07 Å². The number of nitrogens with one attached hydrogen (secondary N) is 2. The highest BCUT2D eigenvalue weighted by Gasteiger charge is 2.21. The van der Waals surface area contributed by atoms with Crippen LogP contribution in [0.25, 0.3) is 0 Å². The molecule has 19 heavy (non-hydrogen) atoms. The third-order valence-electron chi connectivity index (χ3n) is 3.18. The van der Waals surface area contributed by atoms with Crippen molar-refractivity contribution in [1.82, 2.24) is 5.32 Å². The molecule has 0 aromatic heterocycles. The number of benzene rings is 1. The number of carbonyl (C=O) groups excluding carboxylic acids is 1. The lowest BCUT2D eigenvalue weighted by Crippen LogP contribution is -3.12. The van der Waals surface area contributed by atoms with Gasteiger partial charge in [-0.3, -0.25) is 4.79 Å². The molecule has 2 N–H and O–H groups in total. The number of rotatable bonds is 6. The molecule has 2 atom stereocenters. The predicted octanol–water partition coefficient (Wildman–Crippen LogP) is 0.374. The average Bonchev–Trinajstić information content (AvgIpc) is 2.38. The van der Waals surface area contributed by atoms with Crippen molar-refractivity contribution >= 4 is 5.91 Å². The van der Waals surface area contributed by atoms with Gasteiger partial charge in [-0.25, -0.2) is 4.39 Å². The first-order valence-corrected chi connectivity index (χ1v) is 6.42. The van der Waals surface area contributed by atoms with E-state index in [0.717, 1.165) is 10.5 Å². The van der Waals surface area contributed by atoms with Crippen molar-refractivity contribution in [2.75, 3.05) is 20.7 Å². The largest absolute Gasteiger partial charge is 0.494 e. The molecule has 0 saturated carbocycles. The second kappa shape index (κ2) is 7.09. The van der Waals surface area contributed by atoms with Crippen LogP contribution in [0, 0.1) is 5.82 Å². The number of halogens is 1. The SMILES string of the molecule is CCNC(=O)[C@@H](C)[NH+](C)Cc1ccc(OC)c(F)c1. The predicted molar refractivity (Wildman–Crippen MR) is 71.7 cm³/mol. The number of likely N-dealkylation sites (N-methyl/N-ethyl adjacent to an activating group) is 2. The molecule has 1 aromatic rings. The van der Waals surface area contributed by atoms with Crippen LogP contribution in [0.3, 0.4) is 0 Å². The zero-order valence-corrected chi connectivity index (χ0v) is 11.9. The van der Waals surface area contributed by atoms with Gasteiger partial charge in [-0.1, -0.05) is 0 Å². The summed E-state index contributed by atoms with van der Waals surface area (Å²) in [5.74, 6) is -0.134. The van der Waals surface area contributed by atoms with Crippen molar-refractivity contribution < 1.29 is 18.8 Å². The maximum absolute atomic E-state index is 13.6. The van der Waals surface area contributed by atoms with Crippen LogP contribution in [0.2, 0.25) is 0 Å². The van der Waals surface area contributed by atoms with Crippen LogP contribution in [0.5, 0.6) is 5.75 Å². The molecule has 5 heteroatoms. The molecule has 106 valence electrons. The fraction of sp³-hybridized carbons (Fsp3) is 0.500. The highest BCUT2D eigenvalue weighted by Crippen LogP contribution is 2.17. The maximum Gasteiger partial charge on any atom is 0.278 e. The third kappa shape index (κ3) is 4.21. The number of amides is 1.